The van der Waals surface area contributed by atoms with Crippen LogP contribution < -0.4 is 10.5 Å². The van der Waals surface area contributed by atoms with E-state index in [-0.39, 0.29) is 18.0 Å². The minimum atomic E-state index is -0.297. The molecule has 0 fully saturated rings. The van der Waals surface area contributed by atoms with E-state index in [0.29, 0.717) is 22.8 Å². The second kappa shape index (κ2) is 5.35. The molecule has 0 spiro atoms. The summed E-state index contributed by atoms with van der Waals surface area (Å²) in [6, 6.07) is 9.75. The van der Waals surface area contributed by atoms with Crippen LogP contribution in [0.2, 0.25) is 5.02 Å². The fourth-order valence-corrected chi connectivity index (χ4v) is 3.37. The van der Waals surface area contributed by atoms with E-state index in [2.05, 4.69) is 15.9 Å². The summed E-state index contributed by atoms with van der Waals surface area (Å²) in [5, 5.41) is 0.656. The van der Waals surface area contributed by atoms with Crippen molar-refractivity contribution in [3.8, 4) is 5.75 Å². The second-order valence-electron chi connectivity index (χ2n) is 4.80. The third kappa shape index (κ3) is 2.55. The van der Waals surface area contributed by atoms with Crippen molar-refractivity contribution < 1.29 is 9.13 Å². The van der Waals surface area contributed by atoms with Crippen LogP contribution in [0.25, 0.3) is 0 Å². The maximum absolute atomic E-state index is 13.3. The summed E-state index contributed by atoms with van der Waals surface area (Å²) in [6.45, 7) is 0. The molecule has 1 unspecified atom stereocenters. The van der Waals surface area contributed by atoms with Crippen molar-refractivity contribution in [1.82, 2.24) is 0 Å². The number of hydrogen-bond acceptors (Lipinski definition) is 2. The molecule has 2 atom stereocenters. The van der Waals surface area contributed by atoms with Crippen LogP contribution in [0, 0.1) is 5.82 Å². The van der Waals surface area contributed by atoms with E-state index in [1.807, 2.05) is 18.2 Å². The van der Waals surface area contributed by atoms with Gasteiger partial charge in [0.15, 0.2) is 0 Å². The Labute approximate surface area is 129 Å². The fourth-order valence-electron chi connectivity index (χ4n) is 2.43. The molecule has 2 aromatic rings. The molecule has 2 nitrogen and oxygen atoms in total. The van der Waals surface area contributed by atoms with E-state index in [1.165, 1.54) is 12.1 Å². The number of halogens is 3. The lowest BCUT2D eigenvalue weighted by molar-refractivity contribution is 0.160. The minimum absolute atomic E-state index is 0.172. The predicted molar refractivity (Wildman–Crippen MR) is 80.5 cm³/mol. The van der Waals surface area contributed by atoms with Gasteiger partial charge in [-0.05, 0) is 30.3 Å². The molecule has 0 saturated carbocycles. The minimum Gasteiger partial charge on any atom is -0.485 e. The van der Waals surface area contributed by atoms with Gasteiger partial charge in [-0.2, -0.15) is 0 Å². The average molecular weight is 357 g/mol. The summed E-state index contributed by atoms with van der Waals surface area (Å²) in [6.07, 6.45) is 0.422. The van der Waals surface area contributed by atoms with Gasteiger partial charge in [0.05, 0.1) is 0 Å². The van der Waals surface area contributed by atoms with E-state index in [9.17, 15) is 4.39 Å². The second-order valence-corrected chi connectivity index (χ2v) is 6.09. The molecule has 0 bridgehead atoms. The number of hydrogen-bond donors (Lipinski definition) is 1. The van der Waals surface area contributed by atoms with Crippen molar-refractivity contribution in [3.05, 3.63) is 62.8 Å². The highest BCUT2D eigenvalue weighted by Gasteiger charge is 2.28. The van der Waals surface area contributed by atoms with Crippen LogP contribution in [0.1, 0.15) is 29.7 Å². The topological polar surface area (TPSA) is 35.2 Å². The first kappa shape index (κ1) is 13.9. The third-order valence-corrected chi connectivity index (χ3v) is 4.34. The zero-order valence-electron chi connectivity index (χ0n) is 10.4. The molecule has 1 aliphatic rings. The molecule has 3 rings (SSSR count). The van der Waals surface area contributed by atoms with Gasteiger partial charge in [-0.25, -0.2) is 4.39 Å². The first-order valence-electron chi connectivity index (χ1n) is 6.21. The summed E-state index contributed by atoms with van der Waals surface area (Å²) >= 11 is 9.43. The molecule has 0 aromatic heterocycles. The molecule has 1 aliphatic heterocycles. The van der Waals surface area contributed by atoms with Crippen molar-refractivity contribution in [2.45, 2.75) is 18.6 Å². The Hall–Kier alpha value is -1.10. The molecule has 0 saturated heterocycles. The molecule has 2 aromatic carbocycles. The molecule has 5 heteroatoms. The maximum atomic E-state index is 13.3. The van der Waals surface area contributed by atoms with Crippen molar-refractivity contribution >= 4 is 27.5 Å². The smallest absolute Gasteiger partial charge is 0.127 e. The summed E-state index contributed by atoms with van der Waals surface area (Å²) < 4.78 is 20.1. The van der Waals surface area contributed by atoms with Crippen molar-refractivity contribution in [2.24, 2.45) is 5.73 Å². The Bertz CT molecular complexity index is 664. The van der Waals surface area contributed by atoms with Crippen LogP contribution in [0.4, 0.5) is 4.39 Å². The van der Waals surface area contributed by atoms with Gasteiger partial charge in [0, 0.05) is 33.1 Å². The zero-order valence-corrected chi connectivity index (χ0v) is 12.8. The molecule has 0 amide bonds. The van der Waals surface area contributed by atoms with Gasteiger partial charge in [0.1, 0.15) is 17.7 Å². The van der Waals surface area contributed by atoms with Gasteiger partial charge in [0.2, 0.25) is 0 Å². The number of rotatable bonds is 1. The monoisotopic (exact) mass is 355 g/mol. The molecule has 1 heterocycles. The van der Waals surface area contributed by atoms with Gasteiger partial charge in [0.25, 0.3) is 0 Å². The Morgan fingerprint density at radius 2 is 2.00 bits per heavy atom. The first-order chi connectivity index (χ1) is 9.54. The van der Waals surface area contributed by atoms with Gasteiger partial charge >= 0.3 is 0 Å². The van der Waals surface area contributed by atoms with E-state index < -0.39 is 0 Å². The number of benzene rings is 2. The molecule has 0 aliphatic carbocycles. The molecule has 20 heavy (non-hydrogen) atoms. The van der Waals surface area contributed by atoms with Gasteiger partial charge in [-0.1, -0.05) is 33.6 Å². The van der Waals surface area contributed by atoms with Gasteiger partial charge in [-0.3, -0.25) is 0 Å². The summed E-state index contributed by atoms with van der Waals surface area (Å²) in [5.41, 5.74) is 7.84. The van der Waals surface area contributed by atoms with Crippen LogP contribution in [-0.2, 0) is 0 Å². The van der Waals surface area contributed by atoms with E-state index in [1.54, 1.807) is 6.07 Å². The normalized spacial score (nSPS) is 21.2. The summed E-state index contributed by atoms with van der Waals surface area (Å²) in [5.74, 6) is 0.339. The predicted octanol–water partition coefficient (Wildman–Crippen LogP) is 4.77. The largest absolute Gasteiger partial charge is 0.485 e. The van der Waals surface area contributed by atoms with Crippen LogP contribution in [-0.4, -0.2) is 0 Å². The maximum Gasteiger partial charge on any atom is 0.127 e. The van der Waals surface area contributed by atoms with Crippen molar-refractivity contribution in [2.75, 3.05) is 0 Å². The van der Waals surface area contributed by atoms with Crippen LogP contribution in [0.5, 0.6) is 5.75 Å². The molecular formula is C15H12BrClFNO. The summed E-state index contributed by atoms with van der Waals surface area (Å²) in [7, 11) is 0. The number of fused-ring (bicyclic) bond motifs is 1. The van der Waals surface area contributed by atoms with Crippen LogP contribution in [0.3, 0.4) is 0 Å². The SMILES string of the molecule is N[C@@H]1CC(c2ccc(Cl)cc2Br)Oc2ccc(F)cc21. The summed E-state index contributed by atoms with van der Waals surface area (Å²) in [4.78, 5) is 0. The van der Waals surface area contributed by atoms with Gasteiger partial charge < -0.3 is 10.5 Å². The lowest BCUT2D eigenvalue weighted by Gasteiger charge is -2.31. The highest BCUT2D eigenvalue weighted by molar-refractivity contribution is 9.10. The lowest BCUT2D eigenvalue weighted by Crippen LogP contribution is -2.24. The van der Waals surface area contributed by atoms with Crippen LogP contribution in [0.15, 0.2) is 40.9 Å². The highest BCUT2D eigenvalue weighted by atomic mass is 79.9. The van der Waals surface area contributed by atoms with E-state index >= 15 is 0 Å². The van der Waals surface area contributed by atoms with Crippen LogP contribution >= 0.6 is 27.5 Å². The molecule has 0 radical (unpaired) electrons. The third-order valence-electron chi connectivity index (χ3n) is 3.42. The Morgan fingerprint density at radius 3 is 2.75 bits per heavy atom. The average Bonchev–Trinajstić information content (AvgIpc) is 2.39. The lowest BCUT2D eigenvalue weighted by atomic mass is 9.93. The first-order valence-corrected chi connectivity index (χ1v) is 7.38. The Balaban J connectivity index is 1.97. The zero-order chi connectivity index (χ0) is 14.3. The van der Waals surface area contributed by atoms with E-state index in [0.717, 1.165) is 10.0 Å². The Kier molecular flexibility index (Phi) is 3.71. The fraction of sp³-hybridized carbons (Fsp3) is 0.200. The molecular weight excluding hydrogens is 345 g/mol. The van der Waals surface area contributed by atoms with Crippen molar-refractivity contribution in [1.29, 1.82) is 0 Å². The standard InChI is InChI=1S/C15H12BrClFNO/c16-12-5-8(17)1-3-10(12)15-7-13(19)11-6-9(18)2-4-14(11)20-15/h1-6,13,15H,7,19H2/t13-,15?/m1/s1. The quantitative estimate of drug-likeness (QED) is 0.799. The number of ether oxygens (including phenoxy) is 1. The molecule has 104 valence electrons. The highest BCUT2D eigenvalue weighted by Crippen LogP contribution is 2.42. The number of nitrogens with two attached hydrogens (primary N) is 1. The Morgan fingerprint density at radius 1 is 1.20 bits per heavy atom. The van der Waals surface area contributed by atoms with E-state index in [4.69, 9.17) is 22.1 Å². The van der Waals surface area contributed by atoms with Gasteiger partial charge in [-0.15, -0.1) is 0 Å². The molecule has 2 N–H and O–H groups in total. The van der Waals surface area contributed by atoms with Crippen molar-refractivity contribution in [3.63, 3.8) is 0 Å².